The van der Waals surface area contributed by atoms with Crippen molar-refractivity contribution in [3.05, 3.63) is 35.4 Å². The van der Waals surface area contributed by atoms with Crippen LogP contribution in [-0.4, -0.2) is 24.5 Å². The lowest BCUT2D eigenvalue weighted by Gasteiger charge is -2.13. The van der Waals surface area contributed by atoms with Crippen LogP contribution >= 0.6 is 0 Å². The quantitative estimate of drug-likeness (QED) is 0.160. The second kappa shape index (κ2) is 19.6. The van der Waals surface area contributed by atoms with E-state index in [4.69, 9.17) is 4.74 Å². The molecule has 0 aliphatic rings. The first-order chi connectivity index (χ1) is 16.1. The van der Waals surface area contributed by atoms with Crippen LogP contribution in [-0.2, 0) is 16.0 Å². The summed E-state index contributed by atoms with van der Waals surface area (Å²) < 4.78 is 5.35. The van der Waals surface area contributed by atoms with E-state index < -0.39 is 6.04 Å². The van der Waals surface area contributed by atoms with Crippen molar-refractivity contribution in [3.8, 4) is 0 Å². The lowest BCUT2D eigenvalue weighted by molar-refractivity contribution is -0.145. The smallest absolute Gasteiger partial charge is 0.328 e. The van der Waals surface area contributed by atoms with Gasteiger partial charge in [0.2, 0.25) is 0 Å². The number of carbonyl (C=O) groups excluding carboxylic acids is 2. The number of hydrogen-bond donors (Lipinski definition) is 1. The summed E-state index contributed by atoms with van der Waals surface area (Å²) in [5, 5.41) is 2.74. The molecule has 1 N–H and O–H groups in total. The standard InChI is InChI=1S/C29H49NO3/c1-4-6-8-9-10-11-12-13-14-15-16-17-18-24-33-29(32)25(3)30-28(31)27-22-20-26(21-23-27)19-7-5-2/h20-23,25H,4-19,24H2,1-3H3,(H,30,31). The second-order valence-corrected chi connectivity index (χ2v) is 9.41. The van der Waals surface area contributed by atoms with Gasteiger partial charge in [-0.1, -0.05) is 109 Å². The number of hydrogen-bond acceptors (Lipinski definition) is 3. The Morgan fingerprint density at radius 1 is 0.727 bits per heavy atom. The molecule has 0 bridgehead atoms. The Balaban J connectivity index is 2.03. The van der Waals surface area contributed by atoms with Crippen molar-refractivity contribution in [1.29, 1.82) is 0 Å². The van der Waals surface area contributed by atoms with Crippen LogP contribution in [0, 0.1) is 0 Å². The van der Waals surface area contributed by atoms with E-state index in [1.54, 1.807) is 6.92 Å². The monoisotopic (exact) mass is 459 g/mol. The van der Waals surface area contributed by atoms with Crippen molar-refractivity contribution in [1.82, 2.24) is 5.32 Å². The summed E-state index contributed by atoms with van der Waals surface area (Å²) in [7, 11) is 0. The van der Waals surface area contributed by atoms with Gasteiger partial charge < -0.3 is 10.1 Å². The Labute approximate surface area is 203 Å². The minimum Gasteiger partial charge on any atom is -0.464 e. The fourth-order valence-corrected chi connectivity index (χ4v) is 3.96. The van der Waals surface area contributed by atoms with Crippen LogP contribution in [0.4, 0.5) is 0 Å². The molecule has 33 heavy (non-hydrogen) atoms. The third-order valence-electron chi connectivity index (χ3n) is 6.23. The van der Waals surface area contributed by atoms with Gasteiger partial charge in [-0.15, -0.1) is 0 Å². The Bertz CT molecular complexity index is 626. The van der Waals surface area contributed by atoms with E-state index in [1.165, 1.54) is 76.2 Å². The molecule has 1 amide bonds. The van der Waals surface area contributed by atoms with E-state index in [0.717, 1.165) is 32.1 Å². The van der Waals surface area contributed by atoms with E-state index in [1.807, 2.05) is 24.3 Å². The van der Waals surface area contributed by atoms with Gasteiger partial charge in [0.15, 0.2) is 0 Å². The molecule has 0 heterocycles. The molecular formula is C29H49NO3. The van der Waals surface area contributed by atoms with Gasteiger partial charge in [-0.2, -0.15) is 0 Å². The van der Waals surface area contributed by atoms with E-state index >= 15 is 0 Å². The number of rotatable bonds is 20. The summed E-state index contributed by atoms with van der Waals surface area (Å²) in [6, 6.07) is 6.99. The van der Waals surface area contributed by atoms with Gasteiger partial charge >= 0.3 is 5.97 Å². The molecule has 1 atom stereocenters. The van der Waals surface area contributed by atoms with Crippen LogP contribution < -0.4 is 5.32 Å². The first kappa shape index (κ1) is 29.2. The topological polar surface area (TPSA) is 55.4 Å². The molecule has 4 heteroatoms. The zero-order chi connectivity index (χ0) is 24.2. The van der Waals surface area contributed by atoms with Crippen LogP contribution in [0.1, 0.15) is 133 Å². The van der Waals surface area contributed by atoms with Gasteiger partial charge in [0.1, 0.15) is 6.04 Å². The van der Waals surface area contributed by atoms with E-state index in [9.17, 15) is 9.59 Å². The summed E-state index contributed by atoms with van der Waals surface area (Å²) in [5.41, 5.74) is 1.81. The van der Waals surface area contributed by atoms with Crippen LogP contribution in [0.3, 0.4) is 0 Å². The average Bonchev–Trinajstić information content (AvgIpc) is 2.83. The fourth-order valence-electron chi connectivity index (χ4n) is 3.96. The average molecular weight is 460 g/mol. The van der Waals surface area contributed by atoms with E-state index in [2.05, 4.69) is 19.2 Å². The van der Waals surface area contributed by atoms with Crippen molar-refractivity contribution >= 4 is 11.9 Å². The Morgan fingerprint density at radius 3 is 1.73 bits per heavy atom. The largest absolute Gasteiger partial charge is 0.464 e. The number of carbonyl (C=O) groups is 2. The van der Waals surface area contributed by atoms with Crippen molar-refractivity contribution in [2.45, 2.75) is 130 Å². The third-order valence-corrected chi connectivity index (χ3v) is 6.23. The SMILES string of the molecule is CCCCCCCCCCCCCCCOC(=O)C(C)NC(=O)c1ccc(CCCC)cc1. The predicted octanol–water partition coefficient (Wildman–Crippen LogP) is 7.78. The summed E-state index contributed by atoms with van der Waals surface area (Å²) in [6.07, 6.45) is 20.1. The fraction of sp³-hybridized carbons (Fsp3) is 0.724. The zero-order valence-corrected chi connectivity index (χ0v) is 21.6. The Hall–Kier alpha value is -1.84. The van der Waals surface area contributed by atoms with Gasteiger partial charge in [0, 0.05) is 5.56 Å². The number of aryl methyl sites for hydroxylation is 1. The minimum atomic E-state index is -0.640. The highest BCUT2D eigenvalue weighted by Crippen LogP contribution is 2.13. The van der Waals surface area contributed by atoms with Crippen molar-refractivity contribution in [2.75, 3.05) is 6.61 Å². The predicted molar refractivity (Wildman–Crippen MR) is 139 cm³/mol. The number of ether oxygens (including phenoxy) is 1. The molecule has 0 radical (unpaired) electrons. The summed E-state index contributed by atoms with van der Waals surface area (Å²) >= 11 is 0. The maximum absolute atomic E-state index is 12.4. The van der Waals surface area contributed by atoms with Gasteiger partial charge in [-0.05, 0) is 43.9 Å². The highest BCUT2D eigenvalue weighted by molar-refractivity contribution is 5.96. The highest BCUT2D eigenvalue weighted by Gasteiger charge is 2.17. The number of nitrogens with one attached hydrogen (secondary N) is 1. The van der Waals surface area contributed by atoms with Crippen molar-refractivity contribution in [3.63, 3.8) is 0 Å². The molecule has 0 aromatic heterocycles. The molecule has 1 aromatic carbocycles. The Morgan fingerprint density at radius 2 is 1.21 bits per heavy atom. The third kappa shape index (κ3) is 14.8. The molecule has 0 saturated heterocycles. The molecule has 0 aliphatic heterocycles. The van der Waals surface area contributed by atoms with E-state index in [0.29, 0.717) is 12.2 Å². The molecule has 4 nitrogen and oxygen atoms in total. The maximum Gasteiger partial charge on any atom is 0.328 e. The van der Waals surface area contributed by atoms with Gasteiger partial charge in [-0.3, -0.25) is 4.79 Å². The number of amides is 1. The second-order valence-electron chi connectivity index (χ2n) is 9.41. The van der Waals surface area contributed by atoms with Gasteiger partial charge in [0.05, 0.1) is 6.61 Å². The lowest BCUT2D eigenvalue weighted by atomic mass is 10.0. The molecule has 0 spiro atoms. The molecule has 0 aliphatic carbocycles. The number of unbranched alkanes of at least 4 members (excludes halogenated alkanes) is 13. The molecule has 1 unspecified atom stereocenters. The molecule has 0 saturated carbocycles. The van der Waals surface area contributed by atoms with E-state index in [-0.39, 0.29) is 11.9 Å². The van der Waals surface area contributed by atoms with Gasteiger partial charge in [-0.25, -0.2) is 4.79 Å². The van der Waals surface area contributed by atoms with Crippen LogP contribution in [0.25, 0.3) is 0 Å². The minimum absolute atomic E-state index is 0.234. The first-order valence-electron chi connectivity index (χ1n) is 13.6. The van der Waals surface area contributed by atoms with Crippen molar-refractivity contribution in [2.24, 2.45) is 0 Å². The zero-order valence-electron chi connectivity index (χ0n) is 21.6. The first-order valence-corrected chi connectivity index (χ1v) is 13.6. The number of benzene rings is 1. The van der Waals surface area contributed by atoms with Gasteiger partial charge in [0.25, 0.3) is 5.91 Å². The normalized spacial score (nSPS) is 11.8. The Kier molecular flexibility index (Phi) is 17.4. The maximum atomic E-state index is 12.4. The molecule has 1 aromatic rings. The van der Waals surface area contributed by atoms with Crippen LogP contribution in [0.2, 0.25) is 0 Å². The lowest BCUT2D eigenvalue weighted by Crippen LogP contribution is -2.39. The van der Waals surface area contributed by atoms with Crippen molar-refractivity contribution < 1.29 is 14.3 Å². The van der Waals surface area contributed by atoms with Crippen LogP contribution in [0.15, 0.2) is 24.3 Å². The molecule has 0 fully saturated rings. The molecule has 1 rings (SSSR count). The molecule has 188 valence electrons. The highest BCUT2D eigenvalue weighted by atomic mass is 16.5. The summed E-state index contributed by atoms with van der Waals surface area (Å²) in [4.78, 5) is 24.5. The number of esters is 1. The molecular weight excluding hydrogens is 410 g/mol. The summed E-state index contributed by atoms with van der Waals surface area (Å²) in [6.45, 7) is 6.55. The summed E-state index contributed by atoms with van der Waals surface area (Å²) in [5.74, 6) is -0.593. The van der Waals surface area contributed by atoms with Crippen LogP contribution in [0.5, 0.6) is 0 Å².